The first kappa shape index (κ1) is 14.2. The third kappa shape index (κ3) is 3.64. The Balaban J connectivity index is 1.96. The molecule has 0 aliphatic carbocycles. The number of nitrogens with zero attached hydrogens (tertiary/aromatic N) is 1. The van der Waals surface area contributed by atoms with E-state index in [1.165, 1.54) is 0 Å². The van der Waals surface area contributed by atoms with Crippen molar-refractivity contribution < 1.29 is 9.53 Å². The summed E-state index contributed by atoms with van der Waals surface area (Å²) in [4.78, 5) is 14.8. The van der Waals surface area contributed by atoms with Crippen molar-refractivity contribution in [3.8, 4) is 0 Å². The van der Waals surface area contributed by atoms with Crippen LogP contribution >= 0.6 is 0 Å². The maximum absolute atomic E-state index is 12.4. The van der Waals surface area contributed by atoms with Gasteiger partial charge in [-0.1, -0.05) is 44.2 Å². The number of benzene rings is 1. The SMILES string of the molecule is CCC1COCCN1CC(C)C(=O)c1ccccc1. The standard InChI is InChI=1S/C16H23NO2/c1-3-15-12-19-10-9-17(15)11-13(2)16(18)14-7-5-4-6-8-14/h4-8,13,15H,3,9-12H2,1-2H3. The summed E-state index contributed by atoms with van der Waals surface area (Å²) < 4.78 is 5.50. The van der Waals surface area contributed by atoms with Crippen molar-refractivity contribution in [3.63, 3.8) is 0 Å². The number of morpholine rings is 1. The molecule has 3 nitrogen and oxygen atoms in total. The van der Waals surface area contributed by atoms with Crippen LogP contribution in [0.1, 0.15) is 30.6 Å². The second-order valence-electron chi connectivity index (χ2n) is 5.26. The Morgan fingerprint density at radius 2 is 2.16 bits per heavy atom. The molecule has 0 saturated carbocycles. The first-order chi connectivity index (χ1) is 9.22. The Labute approximate surface area is 115 Å². The van der Waals surface area contributed by atoms with Crippen molar-refractivity contribution in [2.24, 2.45) is 5.92 Å². The Hall–Kier alpha value is -1.19. The molecule has 1 fully saturated rings. The topological polar surface area (TPSA) is 29.5 Å². The minimum atomic E-state index is 0.0366. The third-order valence-corrected chi connectivity index (χ3v) is 3.83. The van der Waals surface area contributed by atoms with Crippen LogP contribution < -0.4 is 0 Å². The Morgan fingerprint density at radius 3 is 2.84 bits per heavy atom. The molecule has 1 aliphatic rings. The van der Waals surface area contributed by atoms with E-state index in [0.717, 1.165) is 38.3 Å². The molecule has 19 heavy (non-hydrogen) atoms. The number of carbonyl (C=O) groups excluding carboxylic acids is 1. The lowest BCUT2D eigenvalue weighted by molar-refractivity contribution is -0.0133. The molecule has 0 radical (unpaired) electrons. The largest absolute Gasteiger partial charge is 0.378 e. The number of Topliss-reactive ketones (excluding diaryl/α,β-unsaturated/α-hetero) is 1. The van der Waals surface area contributed by atoms with Gasteiger partial charge < -0.3 is 4.74 Å². The maximum atomic E-state index is 12.4. The number of ketones is 1. The zero-order chi connectivity index (χ0) is 13.7. The zero-order valence-electron chi connectivity index (χ0n) is 11.8. The highest BCUT2D eigenvalue weighted by Crippen LogP contribution is 2.15. The minimum Gasteiger partial charge on any atom is -0.378 e. The molecule has 1 heterocycles. The molecule has 0 bridgehead atoms. The third-order valence-electron chi connectivity index (χ3n) is 3.83. The summed E-state index contributed by atoms with van der Waals surface area (Å²) in [6.45, 7) is 7.54. The van der Waals surface area contributed by atoms with Gasteiger partial charge >= 0.3 is 0 Å². The number of carbonyl (C=O) groups is 1. The van der Waals surface area contributed by atoms with Crippen LogP contribution in [0.2, 0.25) is 0 Å². The van der Waals surface area contributed by atoms with E-state index in [-0.39, 0.29) is 11.7 Å². The van der Waals surface area contributed by atoms with Gasteiger partial charge in [0.1, 0.15) is 0 Å². The van der Waals surface area contributed by atoms with Gasteiger partial charge in [0.05, 0.1) is 13.2 Å². The van der Waals surface area contributed by atoms with E-state index in [9.17, 15) is 4.79 Å². The van der Waals surface area contributed by atoms with E-state index >= 15 is 0 Å². The van der Waals surface area contributed by atoms with Crippen LogP contribution in [0.25, 0.3) is 0 Å². The second kappa shape index (κ2) is 6.83. The van der Waals surface area contributed by atoms with Crippen LogP contribution in [0.4, 0.5) is 0 Å². The van der Waals surface area contributed by atoms with Gasteiger partial charge in [0.25, 0.3) is 0 Å². The summed E-state index contributed by atoms with van der Waals surface area (Å²) in [5, 5.41) is 0. The average Bonchev–Trinajstić information content (AvgIpc) is 2.48. The summed E-state index contributed by atoms with van der Waals surface area (Å²) in [6, 6.07) is 10.0. The molecular weight excluding hydrogens is 238 g/mol. The quantitative estimate of drug-likeness (QED) is 0.763. The minimum absolute atomic E-state index is 0.0366. The summed E-state index contributed by atoms with van der Waals surface area (Å²) in [6.07, 6.45) is 1.08. The molecule has 1 aromatic rings. The van der Waals surface area contributed by atoms with Gasteiger partial charge in [-0.25, -0.2) is 0 Å². The summed E-state index contributed by atoms with van der Waals surface area (Å²) >= 11 is 0. The molecule has 0 spiro atoms. The summed E-state index contributed by atoms with van der Waals surface area (Å²) in [5.41, 5.74) is 0.816. The van der Waals surface area contributed by atoms with Gasteiger partial charge in [-0.3, -0.25) is 9.69 Å². The van der Waals surface area contributed by atoms with Gasteiger partial charge in [-0.2, -0.15) is 0 Å². The highest BCUT2D eigenvalue weighted by atomic mass is 16.5. The molecule has 0 amide bonds. The fraction of sp³-hybridized carbons (Fsp3) is 0.562. The van der Waals surface area contributed by atoms with Crippen LogP contribution in [-0.4, -0.2) is 43.0 Å². The van der Waals surface area contributed by atoms with E-state index in [0.29, 0.717) is 6.04 Å². The molecule has 104 valence electrons. The fourth-order valence-corrected chi connectivity index (χ4v) is 2.63. The van der Waals surface area contributed by atoms with Gasteiger partial charge in [0.2, 0.25) is 0 Å². The molecule has 0 N–H and O–H groups in total. The van der Waals surface area contributed by atoms with E-state index in [1.807, 2.05) is 37.3 Å². The summed E-state index contributed by atoms with van der Waals surface area (Å²) in [7, 11) is 0. The molecule has 0 aromatic heterocycles. The first-order valence-electron chi connectivity index (χ1n) is 7.13. The van der Waals surface area contributed by atoms with Crippen molar-refractivity contribution >= 4 is 5.78 Å². The maximum Gasteiger partial charge on any atom is 0.166 e. The highest BCUT2D eigenvalue weighted by Gasteiger charge is 2.25. The smallest absolute Gasteiger partial charge is 0.166 e. The molecule has 2 rings (SSSR count). The average molecular weight is 261 g/mol. The van der Waals surface area contributed by atoms with Crippen molar-refractivity contribution in [3.05, 3.63) is 35.9 Å². The summed E-state index contributed by atoms with van der Waals surface area (Å²) in [5.74, 6) is 0.275. The first-order valence-corrected chi connectivity index (χ1v) is 7.13. The lowest BCUT2D eigenvalue weighted by atomic mass is 9.98. The lowest BCUT2D eigenvalue weighted by Crippen LogP contribution is -2.47. The number of hydrogen-bond donors (Lipinski definition) is 0. The van der Waals surface area contributed by atoms with Crippen LogP contribution in [0.3, 0.4) is 0 Å². The number of ether oxygens (including phenoxy) is 1. The van der Waals surface area contributed by atoms with Gasteiger partial charge in [0, 0.05) is 30.6 Å². The molecular formula is C16H23NO2. The van der Waals surface area contributed by atoms with Crippen molar-refractivity contribution in [2.45, 2.75) is 26.3 Å². The monoisotopic (exact) mass is 261 g/mol. The molecule has 1 aromatic carbocycles. The van der Waals surface area contributed by atoms with E-state index in [4.69, 9.17) is 4.74 Å². The van der Waals surface area contributed by atoms with Crippen LogP contribution in [0, 0.1) is 5.92 Å². The van der Waals surface area contributed by atoms with Crippen molar-refractivity contribution in [1.82, 2.24) is 4.90 Å². The second-order valence-corrected chi connectivity index (χ2v) is 5.26. The van der Waals surface area contributed by atoms with Gasteiger partial charge in [-0.15, -0.1) is 0 Å². The molecule has 1 saturated heterocycles. The zero-order valence-corrected chi connectivity index (χ0v) is 11.8. The van der Waals surface area contributed by atoms with Crippen molar-refractivity contribution in [2.75, 3.05) is 26.3 Å². The molecule has 2 unspecified atom stereocenters. The predicted octanol–water partition coefficient (Wildman–Crippen LogP) is 2.62. The fourth-order valence-electron chi connectivity index (χ4n) is 2.63. The van der Waals surface area contributed by atoms with Crippen LogP contribution in [-0.2, 0) is 4.74 Å². The molecule has 1 aliphatic heterocycles. The Kier molecular flexibility index (Phi) is 5.11. The normalized spacial score (nSPS) is 22.1. The predicted molar refractivity (Wildman–Crippen MR) is 76.4 cm³/mol. The van der Waals surface area contributed by atoms with Crippen LogP contribution in [0.15, 0.2) is 30.3 Å². The van der Waals surface area contributed by atoms with Gasteiger partial charge in [0.15, 0.2) is 5.78 Å². The van der Waals surface area contributed by atoms with Gasteiger partial charge in [-0.05, 0) is 6.42 Å². The lowest BCUT2D eigenvalue weighted by Gasteiger charge is -2.36. The highest BCUT2D eigenvalue weighted by molar-refractivity contribution is 5.97. The van der Waals surface area contributed by atoms with E-state index < -0.39 is 0 Å². The Morgan fingerprint density at radius 1 is 1.42 bits per heavy atom. The number of rotatable bonds is 5. The van der Waals surface area contributed by atoms with Crippen LogP contribution in [0.5, 0.6) is 0 Å². The van der Waals surface area contributed by atoms with E-state index in [1.54, 1.807) is 0 Å². The Bertz CT molecular complexity index is 404. The number of hydrogen-bond acceptors (Lipinski definition) is 3. The van der Waals surface area contributed by atoms with E-state index in [2.05, 4.69) is 11.8 Å². The molecule has 2 atom stereocenters. The molecule has 3 heteroatoms. The van der Waals surface area contributed by atoms with Crippen molar-refractivity contribution in [1.29, 1.82) is 0 Å².